The Kier molecular flexibility index (Phi) is 5.44. The van der Waals surface area contributed by atoms with Gasteiger partial charge in [-0.1, -0.05) is 6.92 Å². The second kappa shape index (κ2) is 7.31. The van der Waals surface area contributed by atoms with E-state index in [4.69, 9.17) is 4.74 Å². The Morgan fingerprint density at radius 2 is 2.09 bits per heavy atom. The van der Waals surface area contributed by atoms with Crippen LogP contribution in [0.25, 0.3) is 10.9 Å². The van der Waals surface area contributed by atoms with Gasteiger partial charge in [0.1, 0.15) is 0 Å². The van der Waals surface area contributed by atoms with Crippen molar-refractivity contribution < 1.29 is 9.53 Å². The number of nitrogens with zero attached hydrogens (tertiary/aromatic N) is 1. The third kappa shape index (κ3) is 3.60. The molecule has 0 aliphatic heterocycles. The molecule has 5 nitrogen and oxygen atoms in total. The van der Waals surface area contributed by atoms with Gasteiger partial charge in [-0.3, -0.25) is 0 Å². The molecule has 0 saturated carbocycles. The maximum absolute atomic E-state index is 12.0. The van der Waals surface area contributed by atoms with E-state index >= 15 is 0 Å². The normalized spacial score (nSPS) is 12.4. The standard InChI is InChI=1S/C17H25N3O2/c1-5-14(11-22-4)18-17(21)19-15-7-8-16-13(10-15)9-12(3)20(16)6-2/h7-10,14H,5-6,11H2,1-4H3,(H2,18,19,21)/t14-/m1/s1. The van der Waals surface area contributed by atoms with Crippen LogP contribution in [-0.4, -0.2) is 30.4 Å². The summed E-state index contributed by atoms with van der Waals surface area (Å²) in [5, 5.41) is 6.94. The quantitative estimate of drug-likeness (QED) is 0.858. The van der Waals surface area contributed by atoms with Gasteiger partial charge in [0.05, 0.1) is 12.6 Å². The van der Waals surface area contributed by atoms with Gasteiger partial charge >= 0.3 is 6.03 Å². The lowest BCUT2D eigenvalue weighted by Gasteiger charge is -2.16. The van der Waals surface area contributed by atoms with E-state index in [0.29, 0.717) is 6.61 Å². The van der Waals surface area contributed by atoms with E-state index < -0.39 is 0 Å². The molecule has 0 aliphatic rings. The van der Waals surface area contributed by atoms with Crippen molar-refractivity contribution in [2.45, 2.75) is 39.8 Å². The number of aromatic nitrogens is 1. The lowest BCUT2D eigenvalue weighted by molar-refractivity contribution is 0.165. The van der Waals surface area contributed by atoms with Crippen LogP contribution in [0.15, 0.2) is 24.3 Å². The fourth-order valence-corrected chi connectivity index (χ4v) is 2.72. The number of hydrogen-bond acceptors (Lipinski definition) is 2. The van der Waals surface area contributed by atoms with E-state index in [0.717, 1.165) is 24.0 Å². The average molecular weight is 303 g/mol. The zero-order chi connectivity index (χ0) is 16.1. The second-order valence-electron chi connectivity index (χ2n) is 5.46. The van der Waals surface area contributed by atoms with Gasteiger partial charge < -0.3 is 19.9 Å². The summed E-state index contributed by atoms with van der Waals surface area (Å²) in [5.74, 6) is 0. The lowest BCUT2D eigenvalue weighted by Crippen LogP contribution is -2.40. The van der Waals surface area contributed by atoms with Gasteiger partial charge in [0.15, 0.2) is 0 Å². The van der Waals surface area contributed by atoms with Crippen LogP contribution in [0.3, 0.4) is 0 Å². The van der Waals surface area contributed by atoms with Crippen LogP contribution in [0.4, 0.5) is 10.5 Å². The highest BCUT2D eigenvalue weighted by molar-refractivity contribution is 5.93. The number of nitrogens with one attached hydrogen (secondary N) is 2. The number of ether oxygens (including phenoxy) is 1. The van der Waals surface area contributed by atoms with Crippen molar-refractivity contribution in [3.8, 4) is 0 Å². The first-order valence-corrected chi connectivity index (χ1v) is 7.75. The highest BCUT2D eigenvalue weighted by Crippen LogP contribution is 2.23. The van der Waals surface area contributed by atoms with Crippen molar-refractivity contribution in [2.75, 3.05) is 19.0 Å². The van der Waals surface area contributed by atoms with E-state index in [-0.39, 0.29) is 12.1 Å². The van der Waals surface area contributed by atoms with E-state index in [1.807, 2.05) is 25.1 Å². The lowest BCUT2D eigenvalue weighted by atomic mass is 10.2. The smallest absolute Gasteiger partial charge is 0.319 e. The largest absolute Gasteiger partial charge is 0.383 e. The van der Waals surface area contributed by atoms with Crippen molar-refractivity contribution in [3.05, 3.63) is 30.0 Å². The van der Waals surface area contributed by atoms with Crippen LogP contribution >= 0.6 is 0 Å². The minimum absolute atomic E-state index is 0.0251. The highest BCUT2D eigenvalue weighted by Gasteiger charge is 2.11. The molecule has 2 rings (SSSR count). The van der Waals surface area contributed by atoms with Crippen molar-refractivity contribution >= 4 is 22.6 Å². The maximum atomic E-state index is 12.0. The molecule has 0 aliphatic carbocycles. The molecule has 1 heterocycles. The van der Waals surface area contributed by atoms with Crippen molar-refractivity contribution in [2.24, 2.45) is 0 Å². The zero-order valence-electron chi connectivity index (χ0n) is 13.8. The molecule has 5 heteroatoms. The van der Waals surface area contributed by atoms with Gasteiger partial charge in [0, 0.05) is 35.9 Å². The molecule has 0 radical (unpaired) electrons. The van der Waals surface area contributed by atoms with E-state index in [2.05, 4.69) is 35.1 Å². The molecule has 1 aromatic carbocycles. The fraction of sp³-hybridized carbons (Fsp3) is 0.471. The Morgan fingerprint density at radius 1 is 1.32 bits per heavy atom. The molecule has 2 amide bonds. The second-order valence-corrected chi connectivity index (χ2v) is 5.46. The first-order chi connectivity index (χ1) is 10.6. The molecule has 0 unspecified atom stereocenters. The molecule has 0 bridgehead atoms. The number of methoxy groups -OCH3 is 1. The number of carbonyl (C=O) groups excluding carboxylic acids is 1. The molecular formula is C17H25N3O2. The predicted octanol–water partition coefficient (Wildman–Crippen LogP) is 3.52. The number of aryl methyl sites for hydroxylation is 2. The van der Waals surface area contributed by atoms with Crippen LogP contribution in [0, 0.1) is 6.92 Å². The summed E-state index contributed by atoms with van der Waals surface area (Å²) >= 11 is 0. The highest BCUT2D eigenvalue weighted by atomic mass is 16.5. The average Bonchev–Trinajstić information content (AvgIpc) is 2.80. The minimum atomic E-state index is -0.199. The molecule has 22 heavy (non-hydrogen) atoms. The summed E-state index contributed by atoms with van der Waals surface area (Å²) in [6.07, 6.45) is 0.832. The molecule has 0 fully saturated rings. The van der Waals surface area contributed by atoms with E-state index in [9.17, 15) is 4.79 Å². The number of carbonyl (C=O) groups is 1. The predicted molar refractivity (Wildman–Crippen MR) is 90.5 cm³/mol. The fourth-order valence-electron chi connectivity index (χ4n) is 2.72. The number of amides is 2. The third-order valence-electron chi connectivity index (χ3n) is 3.88. The Hall–Kier alpha value is -2.01. The summed E-state index contributed by atoms with van der Waals surface area (Å²) in [5.41, 5.74) is 3.22. The molecule has 120 valence electrons. The maximum Gasteiger partial charge on any atom is 0.319 e. The summed E-state index contributed by atoms with van der Waals surface area (Å²) in [6, 6.07) is 7.96. The number of fused-ring (bicyclic) bond motifs is 1. The van der Waals surface area contributed by atoms with Crippen LogP contribution in [-0.2, 0) is 11.3 Å². The SMILES string of the molecule is CC[C@H](COC)NC(=O)Nc1ccc2c(c1)cc(C)n2CC. The van der Waals surface area contributed by atoms with Gasteiger partial charge in [0.2, 0.25) is 0 Å². The molecule has 1 atom stereocenters. The number of anilines is 1. The van der Waals surface area contributed by atoms with Gasteiger partial charge in [-0.15, -0.1) is 0 Å². The van der Waals surface area contributed by atoms with Crippen molar-refractivity contribution in [1.29, 1.82) is 0 Å². The van der Waals surface area contributed by atoms with Crippen LogP contribution < -0.4 is 10.6 Å². The van der Waals surface area contributed by atoms with Gasteiger partial charge in [-0.05, 0) is 44.5 Å². The zero-order valence-corrected chi connectivity index (χ0v) is 13.8. The minimum Gasteiger partial charge on any atom is -0.383 e. The van der Waals surface area contributed by atoms with Gasteiger partial charge in [0.25, 0.3) is 0 Å². The van der Waals surface area contributed by atoms with E-state index in [1.54, 1.807) is 7.11 Å². The topological polar surface area (TPSA) is 55.3 Å². The molecule has 1 aromatic heterocycles. The van der Waals surface area contributed by atoms with Crippen molar-refractivity contribution in [1.82, 2.24) is 9.88 Å². The molecule has 2 aromatic rings. The summed E-state index contributed by atoms with van der Waals surface area (Å²) in [4.78, 5) is 12.0. The third-order valence-corrected chi connectivity index (χ3v) is 3.88. The van der Waals surface area contributed by atoms with E-state index in [1.165, 1.54) is 11.2 Å². The van der Waals surface area contributed by atoms with Crippen LogP contribution in [0.5, 0.6) is 0 Å². The molecular weight excluding hydrogens is 278 g/mol. The first-order valence-electron chi connectivity index (χ1n) is 7.75. The number of hydrogen-bond donors (Lipinski definition) is 2. The Balaban J connectivity index is 2.10. The Labute approximate surface area is 131 Å². The van der Waals surface area contributed by atoms with Crippen LogP contribution in [0.1, 0.15) is 26.0 Å². The van der Waals surface area contributed by atoms with Crippen LogP contribution in [0.2, 0.25) is 0 Å². The van der Waals surface area contributed by atoms with Gasteiger partial charge in [-0.2, -0.15) is 0 Å². The monoisotopic (exact) mass is 303 g/mol. The number of rotatable bonds is 6. The molecule has 0 saturated heterocycles. The Bertz CT molecular complexity index is 649. The summed E-state index contributed by atoms with van der Waals surface area (Å²) in [6.45, 7) is 7.71. The molecule has 2 N–H and O–H groups in total. The Morgan fingerprint density at radius 3 is 2.73 bits per heavy atom. The molecule has 0 spiro atoms. The summed E-state index contributed by atoms with van der Waals surface area (Å²) < 4.78 is 7.34. The first kappa shape index (κ1) is 16.4. The number of urea groups is 1. The number of benzene rings is 1. The van der Waals surface area contributed by atoms with Crippen molar-refractivity contribution in [3.63, 3.8) is 0 Å². The van der Waals surface area contributed by atoms with Gasteiger partial charge in [-0.25, -0.2) is 4.79 Å². The summed E-state index contributed by atoms with van der Waals surface area (Å²) in [7, 11) is 1.64.